The molecule has 1 heterocycles. The molecule has 1 saturated carbocycles. The van der Waals surface area contributed by atoms with Gasteiger partial charge in [0.25, 0.3) is 5.91 Å². The van der Waals surface area contributed by atoms with Gasteiger partial charge in [-0.1, -0.05) is 18.9 Å². The second-order valence-electron chi connectivity index (χ2n) is 7.42. The summed E-state index contributed by atoms with van der Waals surface area (Å²) in [7, 11) is -0.813. The molecule has 28 heavy (non-hydrogen) atoms. The molecule has 3 rings (SSSR count). The van der Waals surface area contributed by atoms with E-state index in [-0.39, 0.29) is 10.8 Å². The molecule has 2 fully saturated rings. The van der Waals surface area contributed by atoms with E-state index in [0.717, 1.165) is 22.0 Å². The predicted octanol–water partition coefficient (Wildman–Crippen LogP) is 1.05. The van der Waals surface area contributed by atoms with Crippen LogP contribution in [0.3, 0.4) is 0 Å². The van der Waals surface area contributed by atoms with Crippen LogP contribution in [0.15, 0.2) is 23.1 Å². The zero-order valence-corrected chi connectivity index (χ0v) is 16.9. The second kappa shape index (κ2) is 7.17. The van der Waals surface area contributed by atoms with Crippen LogP contribution in [0.5, 0.6) is 0 Å². The monoisotopic (exact) mass is 408 g/mol. The Balaban J connectivity index is 1.75. The zero-order chi connectivity index (χ0) is 20.7. The average molecular weight is 408 g/mol. The average Bonchev–Trinajstić information content (AvgIpc) is 3.17. The Labute approximate surface area is 164 Å². The molecule has 0 bridgehead atoms. The molecular formula is C18H24N4O5S. The van der Waals surface area contributed by atoms with Crippen LogP contribution in [0.4, 0.5) is 10.5 Å². The SMILES string of the molecule is Cc1ccc(S(=O)(=O)N(C)C)cc1NC(=O)CN1C(=O)NC2(CCCC2)C1=O. The summed E-state index contributed by atoms with van der Waals surface area (Å²) in [6, 6.07) is 3.85. The Bertz CT molecular complexity index is 935. The van der Waals surface area contributed by atoms with Crippen molar-refractivity contribution < 1.29 is 22.8 Å². The van der Waals surface area contributed by atoms with Crippen LogP contribution in [-0.4, -0.2) is 61.6 Å². The molecule has 2 N–H and O–H groups in total. The molecule has 152 valence electrons. The highest BCUT2D eigenvalue weighted by atomic mass is 32.2. The molecule has 0 radical (unpaired) electrons. The van der Waals surface area contributed by atoms with Gasteiger partial charge in [0.1, 0.15) is 12.1 Å². The van der Waals surface area contributed by atoms with Crippen LogP contribution in [0.2, 0.25) is 0 Å². The first-order chi connectivity index (χ1) is 13.1. The number of anilines is 1. The molecule has 10 heteroatoms. The largest absolute Gasteiger partial charge is 0.325 e. The Hall–Kier alpha value is -2.46. The van der Waals surface area contributed by atoms with Crippen molar-refractivity contribution >= 4 is 33.6 Å². The van der Waals surface area contributed by atoms with Crippen molar-refractivity contribution in [1.29, 1.82) is 0 Å². The highest BCUT2D eigenvalue weighted by Gasteiger charge is 2.52. The summed E-state index contributed by atoms with van der Waals surface area (Å²) in [4.78, 5) is 38.3. The molecule has 1 saturated heterocycles. The number of sulfonamides is 1. The van der Waals surface area contributed by atoms with Crippen molar-refractivity contribution in [3.8, 4) is 0 Å². The number of hydrogen-bond donors (Lipinski definition) is 2. The summed E-state index contributed by atoms with van der Waals surface area (Å²) in [5.41, 5.74) is 0.110. The Morgan fingerprint density at radius 2 is 1.89 bits per heavy atom. The van der Waals surface area contributed by atoms with Crippen molar-refractivity contribution in [1.82, 2.24) is 14.5 Å². The molecular weight excluding hydrogens is 384 g/mol. The maximum absolute atomic E-state index is 12.6. The number of aryl methyl sites for hydroxylation is 1. The van der Waals surface area contributed by atoms with Crippen LogP contribution in [-0.2, 0) is 19.6 Å². The standard InChI is InChI=1S/C18H24N4O5S/c1-12-6-7-13(28(26,27)21(2)3)10-14(12)19-15(23)11-22-16(24)18(20-17(22)25)8-4-5-9-18/h6-7,10H,4-5,8-9,11H2,1-3H3,(H,19,23)(H,20,25). The number of nitrogens with one attached hydrogen (secondary N) is 2. The third kappa shape index (κ3) is 3.49. The number of rotatable bonds is 5. The molecule has 2 aliphatic rings. The fourth-order valence-corrected chi connectivity index (χ4v) is 4.51. The summed E-state index contributed by atoms with van der Waals surface area (Å²) in [5.74, 6) is -0.938. The van der Waals surface area contributed by atoms with Crippen LogP contribution >= 0.6 is 0 Å². The minimum Gasteiger partial charge on any atom is -0.324 e. The van der Waals surface area contributed by atoms with Gasteiger partial charge >= 0.3 is 6.03 Å². The van der Waals surface area contributed by atoms with E-state index >= 15 is 0 Å². The van der Waals surface area contributed by atoms with Crippen LogP contribution < -0.4 is 10.6 Å². The van der Waals surface area contributed by atoms with Crippen molar-refractivity contribution in [3.05, 3.63) is 23.8 Å². The molecule has 1 aromatic rings. The number of urea groups is 1. The summed E-state index contributed by atoms with van der Waals surface area (Å²) in [6.45, 7) is 1.30. The zero-order valence-electron chi connectivity index (χ0n) is 16.1. The third-order valence-electron chi connectivity index (χ3n) is 5.27. The normalized spacial score (nSPS) is 18.8. The summed E-state index contributed by atoms with van der Waals surface area (Å²) >= 11 is 0. The van der Waals surface area contributed by atoms with Gasteiger partial charge in [-0.25, -0.2) is 17.5 Å². The lowest BCUT2D eigenvalue weighted by Crippen LogP contribution is -2.44. The molecule has 4 amide bonds. The number of carbonyl (C=O) groups excluding carboxylic acids is 3. The Kier molecular flexibility index (Phi) is 5.20. The molecule has 0 unspecified atom stereocenters. The summed E-state index contributed by atoms with van der Waals surface area (Å²) < 4.78 is 25.7. The van der Waals surface area contributed by atoms with Gasteiger partial charge in [0, 0.05) is 19.8 Å². The first-order valence-corrected chi connectivity index (χ1v) is 10.5. The first kappa shape index (κ1) is 20.3. The van der Waals surface area contributed by atoms with E-state index in [2.05, 4.69) is 10.6 Å². The fraction of sp³-hybridized carbons (Fsp3) is 0.500. The van der Waals surface area contributed by atoms with Crippen molar-refractivity contribution in [2.45, 2.75) is 43.0 Å². The summed E-state index contributed by atoms with van der Waals surface area (Å²) in [6.07, 6.45) is 2.88. The number of nitrogens with zero attached hydrogens (tertiary/aromatic N) is 2. The molecule has 0 aromatic heterocycles. The molecule has 0 atom stereocenters. The van der Waals surface area contributed by atoms with E-state index < -0.39 is 34.0 Å². The van der Waals surface area contributed by atoms with Crippen molar-refractivity contribution in [3.63, 3.8) is 0 Å². The lowest BCUT2D eigenvalue weighted by Gasteiger charge is -2.20. The number of benzene rings is 1. The maximum atomic E-state index is 12.6. The van der Waals surface area contributed by atoms with Gasteiger partial charge in [0.05, 0.1) is 4.90 Å². The van der Waals surface area contributed by atoms with Gasteiger partial charge in [-0.3, -0.25) is 14.5 Å². The van der Waals surface area contributed by atoms with Crippen LogP contribution in [0, 0.1) is 6.92 Å². The van der Waals surface area contributed by atoms with Crippen LogP contribution in [0.25, 0.3) is 0 Å². The minimum absolute atomic E-state index is 0.0401. The highest BCUT2D eigenvalue weighted by molar-refractivity contribution is 7.89. The van der Waals surface area contributed by atoms with E-state index in [1.54, 1.807) is 13.0 Å². The van der Waals surface area contributed by atoms with E-state index in [1.165, 1.54) is 26.2 Å². The van der Waals surface area contributed by atoms with Gasteiger partial charge in [-0.2, -0.15) is 0 Å². The third-order valence-corrected chi connectivity index (χ3v) is 7.08. The lowest BCUT2D eigenvalue weighted by molar-refractivity contribution is -0.133. The Morgan fingerprint density at radius 1 is 1.25 bits per heavy atom. The molecule has 9 nitrogen and oxygen atoms in total. The van der Waals surface area contributed by atoms with Gasteiger partial charge in [0.15, 0.2) is 0 Å². The van der Waals surface area contributed by atoms with Crippen molar-refractivity contribution in [2.75, 3.05) is 26.0 Å². The van der Waals surface area contributed by atoms with E-state index in [1.807, 2.05) is 0 Å². The van der Waals surface area contributed by atoms with E-state index in [4.69, 9.17) is 0 Å². The predicted molar refractivity (Wildman–Crippen MR) is 102 cm³/mol. The van der Waals surface area contributed by atoms with E-state index in [9.17, 15) is 22.8 Å². The minimum atomic E-state index is -3.65. The van der Waals surface area contributed by atoms with E-state index in [0.29, 0.717) is 24.1 Å². The smallest absolute Gasteiger partial charge is 0.324 e. The summed E-state index contributed by atoms with van der Waals surface area (Å²) in [5, 5.41) is 5.34. The topological polar surface area (TPSA) is 116 Å². The van der Waals surface area contributed by atoms with Gasteiger partial charge in [-0.05, 0) is 37.5 Å². The fourth-order valence-electron chi connectivity index (χ4n) is 3.58. The Morgan fingerprint density at radius 3 is 2.50 bits per heavy atom. The molecule has 1 spiro atoms. The first-order valence-electron chi connectivity index (χ1n) is 9.04. The number of hydrogen-bond acceptors (Lipinski definition) is 5. The van der Waals surface area contributed by atoms with Crippen LogP contribution in [0.1, 0.15) is 31.2 Å². The van der Waals surface area contributed by atoms with Gasteiger partial charge in [-0.15, -0.1) is 0 Å². The number of carbonyl (C=O) groups is 3. The molecule has 1 aliphatic heterocycles. The van der Waals surface area contributed by atoms with Gasteiger partial charge in [0.2, 0.25) is 15.9 Å². The lowest BCUT2D eigenvalue weighted by atomic mass is 9.98. The molecule has 1 aromatic carbocycles. The number of amides is 4. The quantitative estimate of drug-likeness (QED) is 0.707. The highest BCUT2D eigenvalue weighted by Crippen LogP contribution is 2.35. The van der Waals surface area contributed by atoms with Gasteiger partial charge < -0.3 is 10.6 Å². The second-order valence-corrected chi connectivity index (χ2v) is 9.57. The maximum Gasteiger partial charge on any atom is 0.325 e. The van der Waals surface area contributed by atoms with Crippen molar-refractivity contribution in [2.24, 2.45) is 0 Å². The molecule has 1 aliphatic carbocycles. The number of imide groups is 1.